The first kappa shape index (κ1) is 12.8. The summed E-state index contributed by atoms with van der Waals surface area (Å²) >= 11 is 0. The zero-order valence-corrected chi connectivity index (χ0v) is 10.8. The topological polar surface area (TPSA) is 63.1 Å². The van der Waals surface area contributed by atoms with Crippen molar-refractivity contribution in [3.63, 3.8) is 0 Å². The van der Waals surface area contributed by atoms with E-state index in [0.717, 1.165) is 19.4 Å². The van der Waals surface area contributed by atoms with Gasteiger partial charge >= 0.3 is 0 Å². The van der Waals surface area contributed by atoms with Crippen LogP contribution < -0.4 is 16.2 Å². The van der Waals surface area contributed by atoms with Crippen LogP contribution in [-0.4, -0.2) is 23.6 Å². The third kappa shape index (κ3) is 2.61. The Morgan fingerprint density at radius 1 is 1.50 bits per heavy atom. The molecule has 1 unspecified atom stereocenters. The summed E-state index contributed by atoms with van der Waals surface area (Å²) in [6, 6.07) is 3.09. The predicted octanol–water partition coefficient (Wildman–Crippen LogP) is 0.713. The first-order valence-corrected chi connectivity index (χ1v) is 6.20. The largest absolute Gasteiger partial charge is 0.324 e. The van der Waals surface area contributed by atoms with Crippen LogP contribution in [0.1, 0.15) is 19.8 Å². The second kappa shape index (κ2) is 4.94. The molecule has 98 valence electrons. The van der Waals surface area contributed by atoms with Crippen molar-refractivity contribution in [3.8, 4) is 0 Å². The highest BCUT2D eigenvalue weighted by molar-refractivity contribution is 5.95. The number of aryl methyl sites for hydroxylation is 1. The number of hydrogen-bond acceptors (Lipinski definition) is 3. The van der Waals surface area contributed by atoms with Crippen LogP contribution in [0.3, 0.4) is 0 Å². The molecule has 5 nitrogen and oxygen atoms in total. The smallest absolute Gasteiger partial charge is 0.250 e. The quantitative estimate of drug-likeness (QED) is 0.811. The van der Waals surface area contributed by atoms with E-state index in [0.29, 0.717) is 12.2 Å². The molecule has 1 aromatic rings. The summed E-state index contributed by atoms with van der Waals surface area (Å²) in [5.41, 5.74) is 0.208. The molecule has 0 spiro atoms. The Bertz CT molecular complexity index is 501. The molecule has 0 aromatic carbocycles. The average molecular weight is 249 g/mol. The lowest BCUT2D eigenvalue weighted by atomic mass is 9.82. The van der Waals surface area contributed by atoms with E-state index >= 15 is 0 Å². The molecule has 1 aliphatic rings. The van der Waals surface area contributed by atoms with Gasteiger partial charge in [0, 0.05) is 25.9 Å². The summed E-state index contributed by atoms with van der Waals surface area (Å²) < 4.78 is 1.46. The molecule has 2 heterocycles. The van der Waals surface area contributed by atoms with Crippen molar-refractivity contribution in [1.82, 2.24) is 9.88 Å². The van der Waals surface area contributed by atoms with Crippen molar-refractivity contribution < 1.29 is 4.79 Å². The highest BCUT2D eigenvalue weighted by Gasteiger charge is 2.34. The van der Waals surface area contributed by atoms with Crippen molar-refractivity contribution in [1.29, 1.82) is 0 Å². The van der Waals surface area contributed by atoms with E-state index in [9.17, 15) is 9.59 Å². The van der Waals surface area contributed by atoms with E-state index in [1.165, 1.54) is 10.6 Å². The van der Waals surface area contributed by atoms with E-state index in [-0.39, 0.29) is 16.9 Å². The van der Waals surface area contributed by atoms with Crippen LogP contribution in [0.15, 0.2) is 23.1 Å². The van der Waals surface area contributed by atoms with E-state index < -0.39 is 0 Å². The lowest BCUT2D eigenvalue weighted by Crippen LogP contribution is -2.46. The number of nitrogens with zero attached hydrogens (tertiary/aromatic N) is 1. The van der Waals surface area contributed by atoms with Gasteiger partial charge in [-0.2, -0.15) is 0 Å². The van der Waals surface area contributed by atoms with E-state index in [1.54, 1.807) is 19.3 Å². The number of aromatic nitrogens is 1. The van der Waals surface area contributed by atoms with Crippen molar-refractivity contribution >= 4 is 11.6 Å². The highest BCUT2D eigenvalue weighted by atomic mass is 16.2. The van der Waals surface area contributed by atoms with Crippen molar-refractivity contribution in [3.05, 3.63) is 28.7 Å². The Kier molecular flexibility index (Phi) is 3.52. The van der Waals surface area contributed by atoms with Crippen molar-refractivity contribution in [2.75, 3.05) is 18.4 Å². The third-order valence-corrected chi connectivity index (χ3v) is 3.49. The first-order valence-electron chi connectivity index (χ1n) is 6.20. The molecule has 18 heavy (non-hydrogen) atoms. The van der Waals surface area contributed by atoms with E-state index in [2.05, 4.69) is 10.6 Å². The second-order valence-electron chi connectivity index (χ2n) is 5.16. The molecule has 1 fully saturated rings. The normalized spacial score (nSPS) is 23.7. The molecule has 1 saturated heterocycles. The van der Waals surface area contributed by atoms with Crippen LogP contribution >= 0.6 is 0 Å². The molecule has 0 radical (unpaired) electrons. The molecule has 2 N–H and O–H groups in total. The Morgan fingerprint density at radius 3 is 2.89 bits per heavy atom. The van der Waals surface area contributed by atoms with Gasteiger partial charge in [-0.3, -0.25) is 9.59 Å². The molecule has 0 saturated carbocycles. The number of carbonyl (C=O) groups excluding carboxylic acids is 1. The standard InChI is InChI=1S/C13H19N3O2/c1-13(6-3-7-14-9-13)12(18)15-10-4-5-11(17)16(2)8-10/h4-5,8,14H,3,6-7,9H2,1-2H3,(H,15,18). The molecule has 0 aliphatic carbocycles. The molecule has 2 rings (SSSR count). The molecule has 1 atom stereocenters. The van der Waals surface area contributed by atoms with Gasteiger partial charge in [0.25, 0.3) is 0 Å². The fraction of sp³-hybridized carbons (Fsp3) is 0.538. The average Bonchev–Trinajstić information content (AvgIpc) is 2.35. The van der Waals surface area contributed by atoms with Crippen LogP contribution in [0.2, 0.25) is 0 Å². The summed E-state index contributed by atoms with van der Waals surface area (Å²) in [6.45, 7) is 3.64. The minimum absolute atomic E-state index is 0.00773. The second-order valence-corrected chi connectivity index (χ2v) is 5.16. The predicted molar refractivity (Wildman–Crippen MR) is 70.5 cm³/mol. The highest BCUT2D eigenvalue weighted by Crippen LogP contribution is 2.26. The summed E-state index contributed by atoms with van der Waals surface area (Å²) in [7, 11) is 1.67. The fourth-order valence-corrected chi connectivity index (χ4v) is 2.20. The number of anilines is 1. The van der Waals surface area contributed by atoms with Gasteiger partial charge in [0.05, 0.1) is 11.1 Å². The number of nitrogens with one attached hydrogen (secondary N) is 2. The minimum atomic E-state index is -0.368. The molecule has 0 bridgehead atoms. The van der Waals surface area contributed by atoms with Crippen LogP contribution in [0.25, 0.3) is 0 Å². The van der Waals surface area contributed by atoms with Gasteiger partial charge in [0.15, 0.2) is 0 Å². The number of pyridine rings is 1. The van der Waals surface area contributed by atoms with Crippen LogP contribution in [0.5, 0.6) is 0 Å². The Morgan fingerprint density at radius 2 is 2.28 bits per heavy atom. The van der Waals surface area contributed by atoms with Gasteiger partial charge in [0.2, 0.25) is 11.5 Å². The third-order valence-electron chi connectivity index (χ3n) is 3.49. The molecular formula is C13H19N3O2. The summed E-state index contributed by atoms with van der Waals surface area (Å²) in [5.74, 6) is 0.00773. The van der Waals surface area contributed by atoms with E-state index in [1.807, 2.05) is 6.92 Å². The summed E-state index contributed by atoms with van der Waals surface area (Å²) in [5, 5.41) is 6.13. The number of hydrogen-bond donors (Lipinski definition) is 2. The zero-order valence-electron chi connectivity index (χ0n) is 10.8. The fourth-order valence-electron chi connectivity index (χ4n) is 2.20. The summed E-state index contributed by atoms with van der Waals surface area (Å²) in [6.07, 6.45) is 3.54. The van der Waals surface area contributed by atoms with Gasteiger partial charge in [-0.1, -0.05) is 0 Å². The SMILES string of the molecule is Cn1cc(NC(=O)C2(C)CCCNC2)ccc1=O. The molecule has 1 aromatic heterocycles. The molecular weight excluding hydrogens is 230 g/mol. The van der Waals surface area contributed by atoms with Gasteiger partial charge in [0.1, 0.15) is 0 Å². The lowest BCUT2D eigenvalue weighted by molar-refractivity contribution is -0.125. The van der Waals surface area contributed by atoms with E-state index in [4.69, 9.17) is 0 Å². The molecule has 5 heteroatoms. The Balaban J connectivity index is 2.10. The minimum Gasteiger partial charge on any atom is -0.324 e. The molecule has 1 amide bonds. The Labute approximate surface area is 106 Å². The maximum absolute atomic E-state index is 12.2. The number of rotatable bonds is 2. The number of amides is 1. The van der Waals surface area contributed by atoms with Crippen LogP contribution in [0.4, 0.5) is 5.69 Å². The lowest BCUT2D eigenvalue weighted by Gasteiger charge is -2.32. The van der Waals surface area contributed by atoms with Gasteiger partial charge in [-0.05, 0) is 32.4 Å². The molecule has 1 aliphatic heterocycles. The van der Waals surface area contributed by atoms with Crippen LogP contribution in [-0.2, 0) is 11.8 Å². The monoisotopic (exact) mass is 249 g/mol. The maximum Gasteiger partial charge on any atom is 0.250 e. The number of carbonyl (C=O) groups is 1. The van der Waals surface area contributed by atoms with Gasteiger partial charge < -0.3 is 15.2 Å². The number of piperidine rings is 1. The summed E-state index contributed by atoms with van der Waals surface area (Å²) in [4.78, 5) is 23.5. The maximum atomic E-state index is 12.2. The van der Waals surface area contributed by atoms with Crippen LogP contribution in [0, 0.1) is 5.41 Å². The van der Waals surface area contributed by atoms with Gasteiger partial charge in [-0.25, -0.2) is 0 Å². The van der Waals surface area contributed by atoms with Crippen molar-refractivity contribution in [2.45, 2.75) is 19.8 Å². The first-order chi connectivity index (χ1) is 8.51. The van der Waals surface area contributed by atoms with Crippen molar-refractivity contribution in [2.24, 2.45) is 12.5 Å². The van der Waals surface area contributed by atoms with Gasteiger partial charge in [-0.15, -0.1) is 0 Å². The Hall–Kier alpha value is -1.62. The zero-order chi connectivity index (χ0) is 13.2.